The maximum atomic E-state index is 5.72. The van der Waals surface area contributed by atoms with E-state index in [2.05, 4.69) is 42.0 Å². The van der Waals surface area contributed by atoms with Crippen molar-refractivity contribution in [3.05, 3.63) is 23.4 Å². The normalized spacial score (nSPS) is 10.9. The summed E-state index contributed by atoms with van der Waals surface area (Å²) in [6.07, 6.45) is 0. The van der Waals surface area contributed by atoms with Crippen LogP contribution in [-0.2, 0) is 6.54 Å². The van der Waals surface area contributed by atoms with Gasteiger partial charge in [0.05, 0.1) is 0 Å². The lowest BCUT2D eigenvalue weighted by atomic mass is 10.2. The minimum absolute atomic E-state index is 0.537. The van der Waals surface area contributed by atoms with Crippen molar-refractivity contribution in [1.29, 1.82) is 0 Å². The molecular weight excluding hydrogens is 200 g/mol. The quantitative estimate of drug-likeness (QED) is 0.802. The van der Waals surface area contributed by atoms with E-state index in [1.807, 2.05) is 13.0 Å². The summed E-state index contributed by atoms with van der Waals surface area (Å²) in [6, 6.07) is 4.06. The van der Waals surface area contributed by atoms with E-state index in [0.717, 1.165) is 30.2 Å². The van der Waals surface area contributed by atoms with E-state index in [0.29, 0.717) is 6.54 Å². The van der Waals surface area contributed by atoms with Crippen molar-refractivity contribution in [2.45, 2.75) is 13.5 Å². The summed E-state index contributed by atoms with van der Waals surface area (Å²) >= 11 is 0. The van der Waals surface area contributed by atoms with Crippen LogP contribution < -0.4 is 10.6 Å². The molecule has 0 atom stereocenters. The average molecular weight is 222 g/mol. The monoisotopic (exact) mass is 222 g/mol. The Morgan fingerprint density at radius 2 is 1.88 bits per heavy atom. The molecule has 4 nitrogen and oxygen atoms in total. The predicted molar refractivity (Wildman–Crippen MR) is 68.7 cm³/mol. The molecule has 16 heavy (non-hydrogen) atoms. The summed E-state index contributed by atoms with van der Waals surface area (Å²) < 4.78 is 0. The smallest absolute Gasteiger partial charge is 0.133 e. The summed E-state index contributed by atoms with van der Waals surface area (Å²) in [6.45, 7) is 4.51. The fraction of sp³-hybridized carbons (Fsp3) is 0.583. The van der Waals surface area contributed by atoms with Gasteiger partial charge in [0.1, 0.15) is 5.82 Å². The molecule has 0 fully saturated rings. The van der Waals surface area contributed by atoms with Crippen molar-refractivity contribution in [3.63, 3.8) is 0 Å². The van der Waals surface area contributed by atoms with Crippen LogP contribution in [0.25, 0.3) is 0 Å². The van der Waals surface area contributed by atoms with Crippen LogP contribution in [0.2, 0.25) is 0 Å². The molecule has 0 aromatic carbocycles. The number of aryl methyl sites for hydroxylation is 1. The molecular formula is C12H22N4. The lowest BCUT2D eigenvalue weighted by Crippen LogP contribution is -2.30. The van der Waals surface area contributed by atoms with Gasteiger partial charge in [0.2, 0.25) is 0 Å². The van der Waals surface area contributed by atoms with Gasteiger partial charge in [-0.05, 0) is 27.1 Å². The highest BCUT2D eigenvalue weighted by atomic mass is 15.2. The SMILES string of the molecule is Cc1ccc(CN)c(N(C)CCN(C)C)n1. The van der Waals surface area contributed by atoms with Gasteiger partial charge in [0.25, 0.3) is 0 Å². The van der Waals surface area contributed by atoms with Gasteiger partial charge < -0.3 is 15.5 Å². The summed E-state index contributed by atoms with van der Waals surface area (Å²) in [5.41, 5.74) is 7.85. The molecule has 0 aliphatic carbocycles. The molecule has 2 N–H and O–H groups in total. The van der Waals surface area contributed by atoms with E-state index in [4.69, 9.17) is 5.73 Å². The average Bonchev–Trinajstić information content (AvgIpc) is 2.25. The van der Waals surface area contributed by atoms with Crippen molar-refractivity contribution in [1.82, 2.24) is 9.88 Å². The third-order valence-electron chi connectivity index (χ3n) is 2.56. The lowest BCUT2D eigenvalue weighted by Gasteiger charge is -2.23. The molecule has 0 aliphatic rings. The van der Waals surface area contributed by atoms with E-state index in [9.17, 15) is 0 Å². The second-order valence-electron chi connectivity index (χ2n) is 4.36. The number of anilines is 1. The highest BCUT2D eigenvalue weighted by molar-refractivity contribution is 5.47. The first kappa shape index (κ1) is 12.9. The molecule has 0 amide bonds. The van der Waals surface area contributed by atoms with Gasteiger partial charge in [0, 0.05) is 37.9 Å². The largest absolute Gasteiger partial charge is 0.358 e. The standard InChI is InChI=1S/C12H22N4/c1-10-5-6-11(9-13)12(14-10)16(4)8-7-15(2)3/h5-6H,7-9,13H2,1-4H3. The van der Waals surface area contributed by atoms with Crippen LogP contribution in [0.4, 0.5) is 5.82 Å². The van der Waals surface area contributed by atoms with Crippen LogP contribution >= 0.6 is 0 Å². The third-order valence-corrected chi connectivity index (χ3v) is 2.56. The molecule has 0 unspecified atom stereocenters. The Labute approximate surface area is 98.1 Å². The van der Waals surface area contributed by atoms with Crippen LogP contribution in [0, 0.1) is 6.92 Å². The number of nitrogens with two attached hydrogens (primary N) is 1. The van der Waals surface area contributed by atoms with E-state index in [1.165, 1.54) is 0 Å². The summed E-state index contributed by atoms with van der Waals surface area (Å²) in [7, 11) is 6.20. The number of likely N-dealkylation sites (N-methyl/N-ethyl adjacent to an activating group) is 2. The predicted octanol–water partition coefficient (Wildman–Crippen LogP) is 0.847. The summed E-state index contributed by atoms with van der Waals surface area (Å²) in [5.74, 6) is 1.00. The number of pyridine rings is 1. The molecule has 4 heteroatoms. The first-order valence-corrected chi connectivity index (χ1v) is 5.57. The van der Waals surface area contributed by atoms with Crippen molar-refractivity contribution in [3.8, 4) is 0 Å². The molecule has 1 aromatic heterocycles. The van der Waals surface area contributed by atoms with Crippen molar-refractivity contribution >= 4 is 5.82 Å². The van der Waals surface area contributed by atoms with Crippen LogP contribution in [0.5, 0.6) is 0 Å². The minimum atomic E-state index is 0.537. The topological polar surface area (TPSA) is 45.4 Å². The van der Waals surface area contributed by atoms with Gasteiger partial charge in [0.15, 0.2) is 0 Å². The Kier molecular flexibility index (Phi) is 4.71. The lowest BCUT2D eigenvalue weighted by molar-refractivity contribution is 0.416. The molecule has 0 saturated heterocycles. The molecule has 0 bridgehead atoms. The Hall–Kier alpha value is -1.13. The van der Waals surface area contributed by atoms with Crippen LogP contribution in [0.1, 0.15) is 11.3 Å². The Morgan fingerprint density at radius 3 is 2.44 bits per heavy atom. The molecule has 0 spiro atoms. The van der Waals surface area contributed by atoms with Gasteiger partial charge in [-0.15, -0.1) is 0 Å². The summed E-state index contributed by atoms with van der Waals surface area (Å²) in [5, 5.41) is 0. The third kappa shape index (κ3) is 3.47. The van der Waals surface area contributed by atoms with Crippen molar-refractivity contribution in [2.24, 2.45) is 5.73 Å². The van der Waals surface area contributed by atoms with Crippen molar-refractivity contribution in [2.75, 3.05) is 39.1 Å². The van der Waals surface area contributed by atoms with E-state index in [-0.39, 0.29) is 0 Å². The Bertz CT molecular complexity index is 336. The van der Waals surface area contributed by atoms with Crippen LogP contribution in [0.3, 0.4) is 0 Å². The van der Waals surface area contributed by atoms with Gasteiger partial charge in [-0.3, -0.25) is 0 Å². The number of nitrogens with zero attached hydrogens (tertiary/aromatic N) is 3. The minimum Gasteiger partial charge on any atom is -0.358 e. The fourth-order valence-corrected chi connectivity index (χ4v) is 1.52. The molecule has 1 rings (SSSR count). The van der Waals surface area contributed by atoms with Crippen LogP contribution in [-0.4, -0.2) is 44.1 Å². The second-order valence-corrected chi connectivity index (χ2v) is 4.36. The molecule has 1 aromatic rings. The van der Waals surface area contributed by atoms with Gasteiger partial charge in [-0.25, -0.2) is 4.98 Å². The number of hydrogen-bond acceptors (Lipinski definition) is 4. The molecule has 1 heterocycles. The molecule has 0 aliphatic heterocycles. The Balaban J connectivity index is 2.80. The fourth-order valence-electron chi connectivity index (χ4n) is 1.52. The maximum Gasteiger partial charge on any atom is 0.133 e. The number of aromatic nitrogens is 1. The molecule has 0 radical (unpaired) electrons. The number of hydrogen-bond donors (Lipinski definition) is 1. The van der Waals surface area contributed by atoms with Gasteiger partial charge in [-0.1, -0.05) is 6.07 Å². The number of rotatable bonds is 5. The van der Waals surface area contributed by atoms with Crippen LogP contribution in [0.15, 0.2) is 12.1 Å². The molecule has 0 saturated carbocycles. The zero-order valence-electron chi connectivity index (χ0n) is 10.7. The van der Waals surface area contributed by atoms with Crippen molar-refractivity contribution < 1.29 is 0 Å². The maximum absolute atomic E-state index is 5.72. The Morgan fingerprint density at radius 1 is 1.19 bits per heavy atom. The zero-order chi connectivity index (χ0) is 12.1. The summed E-state index contributed by atoms with van der Waals surface area (Å²) in [4.78, 5) is 8.87. The van der Waals surface area contributed by atoms with Gasteiger partial charge in [-0.2, -0.15) is 0 Å². The first-order chi connectivity index (χ1) is 7.54. The van der Waals surface area contributed by atoms with E-state index >= 15 is 0 Å². The van der Waals surface area contributed by atoms with E-state index in [1.54, 1.807) is 0 Å². The van der Waals surface area contributed by atoms with Gasteiger partial charge >= 0.3 is 0 Å². The second kappa shape index (κ2) is 5.82. The zero-order valence-corrected chi connectivity index (χ0v) is 10.7. The highest BCUT2D eigenvalue weighted by Gasteiger charge is 2.08. The van der Waals surface area contributed by atoms with E-state index < -0.39 is 0 Å². The first-order valence-electron chi connectivity index (χ1n) is 5.57. The molecule has 90 valence electrons. The highest BCUT2D eigenvalue weighted by Crippen LogP contribution is 2.16.